The lowest BCUT2D eigenvalue weighted by Gasteiger charge is -2.36. The van der Waals surface area contributed by atoms with Crippen LogP contribution < -0.4 is 15.8 Å². The number of carbonyl (C=O) groups is 1. The molecule has 1 aliphatic carbocycles. The Balaban J connectivity index is 1.31. The molecule has 4 heterocycles. The van der Waals surface area contributed by atoms with Gasteiger partial charge >= 0.3 is 0 Å². The molecule has 0 saturated carbocycles. The normalized spacial score (nSPS) is 21.5. The Labute approximate surface area is 220 Å². The van der Waals surface area contributed by atoms with Crippen LogP contribution in [0.25, 0.3) is 10.2 Å². The van der Waals surface area contributed by atoms with Crippen molar-refractivity contribution in [2.45, 2.75) is 51.8 Å². The molecule has 6 rings (SSSR count). The van der Waals surface area contributed by atoms with Crippen LogP contribution in [0.2, 0.25) is 0 Å². The van der Waals surface area contributed by atoms with Crippen LogP contribution in [0.5, 0.6) is 5.75 Å². The van der Waals surface area contributed by atoms with Crippen molar-refractivity contribution in [3.05, 3.63) is 40.0 Å². The number of aryl methyl sites for hydroxylation is 1. The minimum absolute atomic E-state index is 0.000711. The molecule has 0 unspecified atom stereocenters. The monoisotopic (exact) mass is 520 g/mol. The van der Waals surface area contributed by atoms with Gasteiger partial charge in [0.05, 0.1) is 36.9 Å². The number of rotatable bonds is 6. The summed E-state index contributed by atoms with van der Waals surface area (Å²) in [7, 11) is 0. The smallest absolute Gasteiger partial charge is 0.226 e. The Kier molecular flexibility index (Phi) is 6.56. The van der Waals surface area contributed by atoms with E-state index in [2.05, 4.69) is 33.3 Å². The van der Waals surface area contributed by atoms with Crippen LogP contribution >= 0.6 is 11.3 Å². The molecule has 2 aromatic heterocycles. The van der Waals surface area contributed by atoms with Crippen molar-refractivity contribution < 1.29 is 14.3 Å². The van der Waals surface area contributed by atoms with Gasteiger partial charge in [-0.05, 0) is 61.9 Å². The maximum atomic E-state index is 13.3. The molecule has 0 bridgehead atoms. The van der Waals surface area contributed by atoms with E-state index in [1.54, 1.807) is 17.7 Å². The second-order valence-corrected chi connectivity index (χ2v) is 11.2. The first kappa shape index (κ1) is 24.3. The minimum atomic E-state index is -0.121. The number of hydrogen-bond donors (Lipinski definition) is 2. The molecular formula is C27H32N6O3S. The third-order valence-corrected chi connectivity index (χ3v) is 8.65. The third kappa shape index (κ3) is 4.58. The summed E-state index contributed by atoms with van der Waals surface area (Å²) in [4.78, 5) is 31.1. The summed E-state index contributed by atoms with van der Waals surface area (Å²) in [6.07, 6.45) is 5.78. The van der Waals surface area contributed by atoms with Gasteiger partial charge in [0.15, 0.2) is 0 Å². The zero-order chi connectivity index (χ0) is 25.5. The van der Waals surface area contributed by atoms with Crippen molar-refractivity contribution in [1.29, 1.82) is 0 Å². The molecule has 1 fully saturated rings. The third-order valence-electron chi connectivity index (χ3n) is 7.49. The molecular weight excluding hydrogens is 488 g/mol. The van der Waals surface area contributed by atoms with Crippen LogP contribution in [0.15, 0.2) is 23.5 Å². The Morgan fingerprint density at radius 2 is 2.27 bits per heavy atom. The summed E-state index contributed by atoms with van der Waals surface area (Å²) in [6, 6.07) is 4.23. The van der Waals surface area contributed by atoms with E-state index in [0.717, 1.165) is 57.9 Å². The first-order valence-corrected chi connectivity index (χ1v) is 13.8. The summed E-state index contributed by atoms with van der Waals surface area (Å²) in [5, 5.41) is 4.58. The van der Waals surface area contributed by atoms with Crippen LogP contribution in [0, 0.1) is 5.92 Å². The fourth-order valence-electron chi connectivity index (χ4n) is 5.43. The molecule has 3 N–H and O–H groups in total. The van der Waals surface area contributed by atoms with Crippen molar-refractivity contribution in [2.75, 3.05) is 31.6 Å². The molecule has 1 aromatic carbocycles. The Morgan fingerprint density at radius 3 is 3.11 bits per heavy atom. The van der Waals surface area contributed by atoms with Gasteiger partial charge in [-0.3, -0.25) is 9.79 Å². The number of nitrogens with two attached hydrogens (primary N) is 1. The van der Waals surface area contributed by atoms with E-state index < -0.39 is 0 Å². The van der Waals surface area contributed by atoms with Crippen LogP contribution in [-0.4, -0.2) is 65.4 Å². The molecule has 37 heavy (non-hydrogen) atoms. The number of carbonyl (C=O) groups excluding carboxylic acids is 1. The number of nitrogens with one attached hydrogen (secondary N) is 1. The van der Waals surface area contributed by atoms with Crippen molar-refractivity contribution in [3.8, 4) is 5.75 Å². The highest BCUT2D eigenvalue weighted by molar-refractivity contribution is 7.19. The number of morpholine rings is 1. The zero-order valence-corrected chi connectivity index (χ0v) is 22.0. The summed E-state index contributed by atoms with van der Waals surface area (Å²) >= 11 is 1.68. The van der Waals surface area contributed by atoms with Gasteiger partial charge in [0.2, 0.25) is 5.91 Å². The van der Waals surface area contributed by atoms with Gasteiger partial charge in [-0.15, -0.1) is 11.3 Å². The maximum Gasteiger partial charge on any atom is 0.226 e. The van der Waals surface area contributed by atoms with E-state index in [1.807, 2.05) is 24.1 Å². The highest BCUT2D eigenvalue weighted by Gasteiger charge is 2.34. The SMILES string of the molecule is C[C@H](CN)Oc1cc2c(cc1Nc1ncnc3sc4c(c13)CC[C@H](C(=O)N1CCOC[C@@H]1C)C4)C=NC2. The van der Waals surface area contributed by atoms with Crippen LogP contribution in [-0.2, 0) is 28.9 Å². The number of hydrogen-bond acceptors (Lipinski definition) is 9. The van der Waals surface area contributed by atoms with Gasteiger partial charge in [-0.25, -0.2) is 9.97 Å². The molecule has 0 radical (unpaired) electrons. The number of thiophene rings is 1. The maximum absolute atomic E-state index is 13.3. The quantitative estimate of drug-likeness (QED) is 0.512. The van der Waals surface area contributed by atoms with Crippen molar-refractivity contribution in [3.63, 3.8) is 0 Å². The minimum Gasteiger partial charge on any atom is -0.487 e. The Hall–Kier alpha value is -3.08. The molecule has 9 nitrogen and oxygen atoms in total. The van der Waals surface area contributed by atoms with E-state index >= 15 is 0 Å². The van der Waals surface area contributed by atoms with Gasteiger partial charge in [0.25, 0.3) is 0 Å². The van der Waals surface area contributed by atoms with Gasteiger partial charge in [0.1, 0.15) is 28.8 Å². The highest BCUT2D eigenvalue weighted by Crippen LogP contribution is 2.42. The topological polar surface area (TPSA) is 115 Å². The first-order valence-electron chi connectivity index (χ1n) is 13.0. The Morgan fingerprint density at radius 1 is 1.38 bits per heavy atom. The van der Waals surface area contributed by atoms with Gasteiger partial charge in [-0.1, -0.05) is 0 Å². The lowest BCUT2D eigenvalue weighted by Crippen LogP contribution is -2.50. The number of anilines is 2. The number of fused-ring (bicyclic) bond motifs is 4. The van der Waals surface area contributed by atoms with Crippen molar-refractivity contribution in [1.82, 2.24) is 14.9 Å². The van der Waals surface area contributed by atoms with Gasteiger partial charge in [-0.2, -0.15) is 0 Å². The number of benzene rings is 1. The first-order chi connectivity index (χ1) is 18.0. The molecule has 10 heteroatoms. The van der Waals surface area contributed by atoms with Crippen LogP contribution in [0.3, 0.4) is 0 Å². The molecule has 0 spiro atoms. The lowest BCUT2D eigenvalue weighted by molar-refractivity contribution is -0.143. The zero-order valence-electron chi connectivity index (χ0n) is 21.2. The van der Waals surface area contributed by atoms with E-state index in [0.29, 0.717) is 32.8 Å². The van der Waals surface area contributed by atoms with Gasteiger partial charge < -0.3 is 25.4 Å². The standard InChI is InChI=1S/C27H32N6O3S/c1-15-13-35-6-5-33(15)27(34)17-3-4-20-23(9-17)37-26-24(20)25(30-14-31-26)32-21-7-18-11-29-12-19(18)8-22(21)36-16(2)10-28/h7-8,11,14-17H,3-6,9-10,12-13,28H2,1-2H3,(H,30,31,32)/t15-,16+,17-/m0/s1. The average molecular weight is 521 g/mol. The molecule has 194 valence electrons. The largest absolute Gasteiger partial charge is 0.487 e. The molecule has 1 amide bonds. The van der Waals surface area contributed by atoms with Crippen LogP contribution in [0.1, 0.15) is 41.8 Å². The highest BCUT2D eigenvalue weighted by atomic mass is 32.1. The summed E-state index contributed by atoms with van der Waals surface area (Å²) in [5.74, 6) is 1.75. The van der Waals surface area contributed by atoms with E-state index in [9.17, 15) is 4.79 Å². The van der Waals surface area contributed by atoms with Gasteiger partial charge in [0, 0.05) is 30.1 Å². The van der Waals surface area contributed by atoms with E-state index in [4.69, 9.17) is 15.2 Å². The lowest BCUT2D eigenvalue weighted by atomic mass is 9.86. The van der Waals surface area contributed by atoms with Crippen LogP contribution in [0.4, 0.5) is 11.5 Å². The molecule has 1 saturated heterocycles. The van der Waals surface area contributed by atoms with E-state index in [1.165, 1.54) is 10.4 Å². The second kappa shape index (κ2) is 10.00. The summed E-state index contributed by atoms with van der Waals surface area (Å²) in [5.41, 5.74) is 10.1. The summed E-state index contributed by atoms with van der Waals surface area (Å²) in [6.45, 7) is 7.01. The molecule has 2 aliphatic heterocycles. The predicted octanol–water partition coefficient (Wildman–Crippen LogP) is 3.45. The number of ether oxygens (including phenoxy) is 2. The predicted molar refractivity (Wildman–Crippen MR) is 145 cm³/mol. The van der Waals surface area contributed by atoms with E-state index in [-0.39, 0.29) is 24.0 Å². The average Bonchev–Trinajstić information content (AvgIpc) is 3.52. The summed E-state index contributed by atoms with van der Waals surface area (Å²) < 4.78 is 11.7. The van der Waals surface area contributed by atoms with Crippen molar-refractivity contribution >= 4 is 45.2 Å². The number of aliphatic imine (C=N–C) groups is 1. The fourth-order valence-corrected chi connectivity index (χ4v) is 6.70. The fraction of sp³-hybridized carbons (Fsp3) is 0.481. The Bertz CT molecular complexity index is 1370. The molecule has 3 aliphatic rings. The van der Waals surface area contributed by atoms with Crippen molar-refractivity contribution in [2.24, 2.45) is 16.6 Å². The molecule has 3 aromatic rings. The second-order valence-electron chi connectivity index (χ2n) is 10.1. The number of aromatic nitrogens is 2. The number of nitrogens with zero attached hydrogens (tertiary/aromatic N) is 4. The number of amides is 1. The molecule has 3 atom stereocenters.